The molecule has 2 aromatic heterocycles. The molecule has 0 aliphatic carbocycles. The number of para-hydroxylation sites is 1. The molecule has 41 heavy (non-hydrogen) atoms. The van der Waals surface area contributed by atoms with Crippen LogP contribution in [0.3, 0.4) is 0 Å². The van der Waals surface area contributed by atoms with Crippen LogP contribution in [-0.2, 0) is 27.2 Å². The van der Waals surface area contributed by atoms with E-state index in [2.05, 4.69) is 6.07 Å². The second-order valence-electron chi connectivity index (χ2n) is 9.10. The number of thiophene rings is 1. The summed E-state index contributed by atoms with van der Waals surface area (Å²) in [6, 6.07) is 19.1. The number of esters is 2. The van der Waals surface area contributed by atoms with E-state index in [1.54, 1.807) is 39.0 Å². The number of hydrogen-bond acceptors (Lipinski definition) is 8. The Labute approximate surface area is 241 Å². The molecular weight excluding hydrogens is 538 g/mol. The predicted octanol–water partition coefficient (Wildman–Crippen LogP) is 6.00. The lowest BCUT2D eigenvalue weighted by Crippen LogP contribution is -2.12. The van der Waals surface area contributed by atoms with E-state index in [4.69, 9.17) is 14.7 Å². The molecule has 0 aliphatic rings. The van der Waals surface area contributed by atoms with Gasteiger partial charge in [0.2, 0.25) is 0 Å². The first-order valence-corrected chi connectivity index (χ1v) is 13.8. The molecule has 0 fully saturated rings. The van der Waals surface area contributed by atoms with Gasteiger partial charge in [0, 0.05) is 40.5 Å². The minimum absolute atomic E-state index is 0.0789. The van der Waals surface area contributed by atoms with Gasteiger partial charge in [-0.15, -0.1) is 11.3 Å². The average Bonchev–Trinajstić information content (AvgIpc) is 3.48. The fourth-order valence-electron chi connectivity index (χ4n) is 4.53. The van der Waals surface area contributed by atoms with Crippen molar-refractivity contribution in [3.8, 4) is 12.1 Å². The number of hydrogen-bond donors (Lipinski definition) is 0. The zero-order valence-electron chi connectivity index (χ0n) is 22.9. The number of Topliss-reactive ketones (excluding diaryl/α,β-unsaturated/α-hetero) is 1. The first-order chi connectivity index (χ1) is 19.8. The first kappa shape index (κ1) is 29.0. The van der Waals surface area contributed by atoms with Gasteiger partial charge in [0.25, 0.3) is 0 Å². The summed E-state index contributed by atoms with van der Waals surface area (Å²) in [4.78, 5) is 39.2. The van der Waals surface area contributed by atoms with Crippen molar-refractivity contribution in [1.82, 2.24) is 4.57 Å². The van der Waals surface area contributed by atoms with E-state index in [-0.39, 0.29) is 35.6 Å². The molecule has 0 saturated heterocycles. The molecule has 2 heterocycles. The first-order valence-electron chi connectivity index (χ1n) is 13.0. The number of rotatable bonds is 10. The van der Waals surface area contributed by atoms with Crippen molar-refractivity contribution in [2.75, 3.05) is 13.2 Å². The molecule has 0 radical (unpaired) electrons. The van der Waals surface area contributed by atoms with E-state index in [9.17, 15) is 19.6 Å². The van der Waals surface area contributed by atoms with Crippen LogP contribution >= 0.6 is 11.3 Å². The molecule has 2 aromatic carbocycles. The van der Waals surface area contributed by atoms with Crippen LogP contribution in [0.5, 0.6) is 0 Å². The maximum atomic E-state index is 13.4. The van der Waals surface area contributed by atoms with Gasteiger partial charge in [0.1, 0.15) is 10.9 Å². The van der Waals surface area contributed by atoms with Gasteiger partial charge in [-0.1, -0.05) is 30.3 Å². The fraction of sp³-hybridized carbons (Fsp3) is 0.219. The highest BCUT2D eigenvalue weighted by molar-refractivity contribution is 7.14. The van der Waals surface area contributed by atoms with Crippen molar-refractivity contribution >= 4 is 46.0 Å². The van der Waals surface area contributed by atoms with Gasteiger partial charge < -0.3 is 14.0 Å². The zero-order chi connectivity index (χ0) is 29.5. The Hall–Kier alpha value is -4.99. The summed E-state index contributed by atoms with van der Waals surface area (Å²) in [6.07, 6.45) is 3.19. The van der Waals surface area contributed by atoms with E-state index >= 15 is 0 Å². The number of nitriles is 2. The molecule has 4 aromatic rings. The molecular formula is C32H27N3O5S. The topological polar surface area (TPSA) is 122 Å². The van der Waals surface area contributed by atoms with E-state index in [0.717, 1.165) is 27.8 Å². The van der Waals surface area contributed by atoms with Crippen LogP contribution in [0, 0.1) is 29.6 Å². The van der Waals surface area contributed by atoms with Crippen molar-refractivity contribution in [2.24, 2.45) is 0 Å². The van der Waals surface area contributed by atoms with E-state index in [0.29, 0.717) is 28.1 Å². The van der Waals surface area contributed by atoms with Crippen molar-refractivity contribution in [1.29, 1.82) is 10.5 Å². The van der Waals surface area contributed by atoms with Crippen LogP contribution in [0.1, 0.15) is 61.0 Å². The summed E-state index contributed by atoms with van der Waals surface area (Å²) in [5.74, 6) is -1.70. The van der Waals surface area contributed by atoms with Crippen molar-refractivity contribution in [2.45, 2.75) is 33.7 Å². The Bertz CT molecular complexity index is 1750. The highest BCUT2D eigenvalue weighted by Crippen LogP contribution is 2.31. The van der Waals surface area contributed by atoms with Crippen LogP contribution in [-0.4, -0.2) is 35.5 Å². The highest BCUT2D eigenvalue weighted by Gasteiger charge is 2.28. The second-order valence-corrected chi connectivity index (χ2v) is 10.2. The maximum absolute atomic E-state index is 13.4. The van der Waals surface area contributed by atoms with Crippen LogP contribution in [0.4, 0.5) is 0 Å². The summed E-state index contributed by atoms with van der Waals surface area (Å²) < 4.78 is 12.3. The Kier molecular flexibility index (Phi) is 9.13. The Morgan fingerprint density at radius 1 is 0.976 bits per heavy atom. The van der Waals surface area contributed by atoms with Gasteiger partial charge in [0.15, 0.2) is 5.78 Å². The summed E-state index contributed by atoms with van der Waals surface area (Å²) in [5.41, 5.74) is 3.66. The predicted molar refractivity (Wildman–Crippen MR) is 155 cm³/mol. The molecule has 8 nitrogen and oxygen atoms in total. The van der Waals surface area contributed by atoms with Gasteiger partial charge in [-0.3, -0.25) is 4.79 Å². The van der Waals surface area contributed by atoms with E-state index in [1.807, 2.05) is 53.2 Å². The number of nitrogens with zero attached hydrogens (tertiary/aromatic N) is 3. The van der Waals surface area contributed by atoms with Crippen LogP contribution in [0.2, 0.25) is 0 Å². The number of aromatic nitrogens is 1. The van der Waals surface area contributed by atoms with Gasteiger partial charge in [-0.25, -0.2) is 9.59 Å². The average molecular weight is 566 g/mol. The summed E-state index contributed by atoms with van der Waals surface area (Å²) in [5, 5.41) is 19.9. The number of allylic oxidation sites excluding steroid dienone is 1. The molecule has 0 saturated carbocycles. The second kappa shape index (κ2) is 12.9. The summed E-state index contributed by atoms with van der Waals surface area (Å²) >= 11 is 1.00. The molecule has 0 N–H and O–H groups in total. The Morgan fingerprint density at radius 3 is 2.32 bits per heavy atom. The minimum atomic E-state index is -0.632. The molecule has 4 rings (SSSR count). The number of carbonyl (C=O) groups is 3. The lowest BCUT2D eigenvalue weighted by Gasteiger charge is -2.05. The van der Waals surface area contributed by atoms with Crippen molar-refractivity contribution in [3.63, 3.8) is 0 Å². The molecule has 0 spiro atoms. The maximum Gasteiger partial charge on any atom is 0.348 e. The molecule has 206 valence electrons. The number of benzene rings is 2. The van der Waals surface area contributed by atoms with E-state index < -0.39 is 17.7 Å². The SMILES string of the molecule is CCOC(=O)c1sc(CC(=O)/C(C#N)=C/c2cn(Cc3ccc(C#N)cc3)c3ccccc23)c(C(=O)OCC)c1C. The third kappa shape index (κ3) is 6.27. The van der Waals surface area contributed by atoms with Crippen LogP contribution in [0.15, 0.2) is 60.3 Å². The normalized spacial score (nSPS) is 11.1. The number of fused-ring (bicyclic) bond motifs is 1. The number of carbonyl (C=O) groups excluding carboxylic acids is 3. The Morgan fingerprint density at radius 2 is 1.66 bits per heavy atom. The third-order valence-corrected chi connectivity index (χ3v) is 7.73. The standard InChI is InChI=1S/C32H27N3O5S/c1-4-39-31(37)29-20(3)30(32(38)40-5-2)41-28(29)15-27(36)23(17-34)14-24-19-35(26-9-7-6-8-25(24)26)18-22-12-10-21(16-33)11-13-22/h6-14,19H,4-5,15,18H2,1-3H3/b23-14+. The summed E-state index contributed by atoms with van der Waals surface area (Å²) in [6.45, 7) is 5.80. The lowest BCUT2D eigenvalue weighted by molar-refractivity contribution is -0.114. The third-order valence-electron chi connectivity index (χ3n) is 6.46. The van der Waals surface area contributed by atoms with Gasteiger partial charge in [0.05, 0.1) is 36.0 Å². The highest BCUT2D eigenvalue weighted by atomic mass is 32.1. The molecule has 0 atom stereocenters. The van der Waals surface area contributed by atoms with Crippen LogP contribution in [0.25, 0.3) is 17.0 Å². The smallest absolute Gasteiger partial charge is 0.348 e. The van der Waals surface area contributed by atoms with Gasteiger partial charge in [-0.2, -0.15) is 10.5 Å². The molecule has 0 amide bonds. The van der Waals surface area contributed by atoms with Crippen molar-refractivity contribution < 1.29 is 23.9 Å². The summed E-state index contributed by atoms with van der Waals surface area (Å²) in [7, 11) is 0. The monoisotopic (exact) mass is 565 g/mol. The largest absolute Gasteiger partial charge is 0.462 e. The fourth-order valence-corrected chi connectivity index (χ4v) is 5.72. The minimum Gasteiger partial charge on any atom is -0.462 e. The van der Waals surface area contributed by atoms with E-state index in [1.165, 1.54) is 0 Å². The quantitative estimate of drug-likeness (QED) is 0.131. The molecule has 9 heteroatoms. The van der Waals surface area contributed by atoms with Gasteiger partial charge >= 0.3 is 11.9 Å². The molecule has 0 unspecified atom stereocenters. The molecule has 0 bridgehead atoms. The Balaban J connectivity index is 1.69. The van der Waals surface area contributed by atoms with Crippen LogP contribution < -0.4 is 0 Å². The van der Waals surface area contributed by atoms with Gasteiger partial charge in [-0.05, 0) is 56.2 Å². The zero-order valence-corrected chi connectivity index (χ0v) is 23.7. The van der Waals surface area contributed by atoms with Crippen molar-refractivity contribution in [3.05, 3.63) is 97.9 Å². The number of ketones is 1. The number of ether oxygens (including phenoxy) is 2. The lowest BCUT2D eigenvalue weighted by atomic mass is 10.0. The molecule has 0 aliphatic heterocycles.